The van der Waals surface area contributed by atoms with E-state index < -0.39 is 0 Å². The van der Waals surface area contributed by atoms with E-state index in [1.165, 1.54) is 0 Å². The van der Waals surface area contributed by atoms with E-state index in [0.29, 0.717) is 23.0 Å². The molecule has 2 heterocycles. The molecule has 2 aromatic rings. The van der Waals surface area contributed by atoms with Gasteiger partial charge in [0.15, 0.2) is 5.78 Å². The molecule has 0 aromatic carbocycles. The Bertz CT molecular complexity index is 519. The van der Waals surface area contributed by atoms with Crippen LogP contribution in [0.5, 0.6) is 0 Å². The third-order valence-corrected chi connectivity index (χ3v) is 2.21. The molecule has 86 valence electrons. The Morgan fingerprint density at radius 1 is 1.18 bits per heavy atom. The van der Waals surface area contributed by atoms with E-state index in [1.54, 1.807) is 38.4 Å². The van der Waals surface area contributed by atoms with Crippen molar-refractivity contribution in [3.8, 4) is 0 Å². The number of Topliss-reactive ketones (excluding diaryl/α,β-unsaturated/α-hetero) is 1. The Morgan fingerprint density at radius 2 is 1.88 bits per heavy atom. The molecule has 17 heavy (non-hydrogen) atoms. The van der Waals surface area contributed by atoms with Crippen LogP contribution >= 0.6 is 0 Å². The third kappa shape index (κ3) is 2.90. The first-order chi connectivity index (χ1) is 8.15. The Hall–Kier alpha value is -2.17. The van der Waals surface area contributed by atoms with Gasteiger partial charge in [-0.1, -0.05) is 0 Å². The van der Waals surface area contributed by atoms with Crippen molar-refractivity contribution in [2.75, 3.05) is 0 Å². The second-order valence-corrected chi connectivity index (χ2v) is 3.69. The molecular weight excluding hydrogens is 216 g/mol. The Kier molecular flexibility index (Phi) is 3.18. The van der Waals surface area contributed by atoms with Crippen LogP contribution in [0.3, 0.4) is 0 Å². The van der Waals surface area contributed by atoms with Crippen LogP contribution in [0.1, 0.15) is 27.8 Å². The van der Waals surface area contributed by atoms with Gasteiger partial charge in [0.25, 0.3) is 0 Å². The number of hydrogen-bond acceptors (Lipinski definition) is 5. The van der Waals surface area contributed by atoms with Crippen molar-refractivity contribution in [2.45, 2.75) is 20.3 Å². The number of pyridine rings is 1. The lowest BCUT2D eigenvalue weighted by Crippen LogP contribution is -2.10. The maximum absolute atomic E-state index is 11.9. The van der Waals surface area contributed by atoms with Gasteiger partial charge in [-0.25, -0.2) is 15.0 Å². The molecule has 2 rings (SSSR count). The second-order valence-electron chi connectivity index (χ2n) is 3.69. The summed E-state index contributed by atoms with van der Waals surface area (Å²) in [6, 6.07) is 3.47. The molecule has 0 aliphatic heterocycles. The van der Waals surface area contributed by atoms with Gasteiger partial charge in [-0.3, -0.25) is 9.78 Å². The molecule has 0 saturated heterocycles. The molecule has 0 aliphatic rings. The fourth-order valence-electron chi connectivity index (χ4n) is 1.54. The minimum Gasteiger partial charge on any atom is -0.294 e. The maximum atomic E-state index is 11.9. The minimum atomic E-state index is -0.0388. The highest BCUT2D eigenvalue weighted by Gasteiger charge is 2.10. The summed E-state index contributed by atoms with van der Waals surface area (Å²) < 4.78 is 0. The molecule has 0 amide bonds. The van der Waals surface area contributed by atoms with Crippen molar-refractivity contribution in [3.05, 3.63) is 47.6 Å². The van der Waals surface area contributed by atoms with Crippen LogP contribution in [0.2, 0.25) is 0 Å². The molecule has 0 bridgehead atoms. The summed E-state index contributed by atoms with van der Waals surface area (Å²) in [4.78, 5) is 28.1. The zero-order chi connectivity index (χ0) is 12.3. The lowest BCUT2D eigenvalue weighted by atomic mass is 10.1. The van der Waals surface area contributed by atoms with E-state index in [-0.39, 0.29) is 12.2 Å². The summed E-state index contributed by atoms with van der Waals surface area (Å²) in [5.74, 6) is 1.73. The first kappa shape index (κ1) is 11.3. The summed E-state index contributed by atoms with van der Waals surface area (Å²) in [7, 11) is 0. The average molecular weight is 228 g/mol. The number of ketones is 1. The van der Waals surface area contributed by atoms with Gasteiger partial charge in [-0.2, -0.15) is 0 Å². The second kappa shape index (κ2) is 4.78. The number of aromatic nitrogens is 4. The predicted molar refractivity (Wildman–Crippen MR) is 61.6 cm³/mol. The zero-order valence-electron chi connectivity index (χ0n) is 9.71. The van der Waals surface area contributed by atoms with Gasteiger partial charge in [0.05, 0.1) is 6.42 Å². The Labute approximate surface area is 99.0 Å². The number of hydrogen-bond donors (Lipinski definition) is 0. The summed E-state index contributed by atoms with van der Waals surface area (Å²) in [5.41, 5.74) is 0.572. The van der Waals surface area contributed by atoms with E-state index >= 15 is 0 Å². The Balaban J connectivity index is 2.19. The molecule has 0 radical (unpaired) electrons. The largest absolute Gasteiger partial charge is 0.294 e. The van der Waals surface area contributed by atoms with Crippen molar-refractivity contribution in [1.82, 2.24) is 19.9 Å². The minimum absolute atomic E-state index is 0.0388. The highest BCUT2D eigenvalue weighted by atomic mass is 16.1. The van der Waals surface area contributed by atoms with Crippen LogP contribution in [0.15, 0.2) is 24.5 Å². The topological polar surface area (TPSA) is 68.6 Å². The Morgan fingerprint density at radius 3 is 2.47 bits per heavy atom. The van der Waals surface area contributed by atoms with Crippen LogP contribution in [-0.4, -0.2) is 25.7 Å². The molecule has 5 nitrogen and oxygen atoms in total. The highest BCUT2D eigenvalue weighted by molar-refractivity contribution is 5.96. The van der Waals surface area contributed by atoms with E-state index in [4.69, 9.17) is 0 Å². The molecule has 0 unspecified atom stereocenters. The monoisotopic (exact) mass is 228 g/mol. The number of carbonyl (C=O) groups is 1. The fourth-order valence-corrected chi connectivity index (χ4v) is 1.54. The quantitative estimate of drug-likeness (QED) is 0.741. The maximum Gasteiger partial charge on any atom is 0.171 e. The van der Waals surface area contributed by atoms with E-state index in [9.17, 15) is 4.79 Å². The van der Waals surface area contributed by atoms with E-state index in [0.717, 1.165) is 0 Å². The molecule has 0 atom stereocenters. The first-order valence-electron chi connectivity index (χ1n) is 5.26. The van der Waals surface area contributed by atoms with Gasteiger partial charge in [0.1, 0.15) is 17.5 Å². The lowest BCUT2D eigenvalue weighted by molar-refractivity contribution is 0.0990. The summed E-state index contributed by atoms with van der Waals surface area (Å²) >= 11 is 0. The van der Waals surface area contributed by atoms with Crippen molar-refractivity contribution < 1.29 is 4.79 Å². The van der Waals surface area contributed by atoms with Gasteiger partial charge in [-0.05, 0) is 26.0 Å². The molecule has 0 saturated carbocycles. The lowest BCUT2D eigenvalue weighted by Gasteiger charge is -2.02. The zero-order valence-corrected chi connectivity index (χ0v) is 9.71. The van der Waals surface area contributed by atoms with Gasteiger partial charge in [0, 0.05) is 18.0 Å². The molecule has 5 heteroatoms. The molecule has 0 aliphatic carbocycles. The van der Waals surface area contributed by atoms with Crippen molar-refractivity contribution >= 4 is 5.78 Å². The SMILES string of the molecule is Cc1nc(C)nc(CC(=O)c2cccnc2)n1. The van der Waals surface area contributed by atoms with Gasteiger partial charge < -0.3 is 0 Å². The van der Waals surface area contributed by atoms with Crippen molar-refractivity contribution in [3.63, 3.8) is 0 Å². The summed E-state index contributed by atoms with van der Waals surface area (Å²) in [5, 5.41) is 0. The highest BCUT2D eigenvalue weighted by Crippen LogP contribution is 2.03. The molecule has 0 N–H and O–H groups in total. The fraction of sp³-hybridized carbons (Fsp3) is 0.250. The third-order valence-electron chi connectivity index (χ3n) is 2.21. The normalized spacial score (nSPS) is 10.2. The average Bonchev–Trinajstić information content (AvgIpc) is 2.28. The van der Waals surface area contributed by atoms with E-state index in [2.05, 4.69) is 19.9 Å². The number of aryl methyl sites for hydroxylation is 2. The van der Waals surface area contributed by atoms with Gasteiger partial charge >= 0.3 is 0 Å². The number of carbonyl (C=O) groups excluding carboxylic acids is 1. The van der Waals surface area contributed by atoms with Crippen LogP contribution in [0.4, 0.5) is 0 Å². The summed E-state index contributed by atoms with van der Waals surface area (Å²) in [6.45, 7) is 3.57. The number of rotatable bonds is 3. The smallest absolute Gasteiger partial charge is 0.171 e. The van der Waals surface area contributed by atoms with Crippen molar-refractivity contribution in [1.29, 1.82) is 0 Å². The molecule has 0 spiro atoms. The first-order valence-corrected chi connectivity index (χ1v) is 5.26. The van der Waals surface area contributed by atoms with Crippen LogP contribution < -0.4 is 0 Å². The molecular formula is C12H12N4O. The van der Waals surface area contributed by atoms with Gasteiger partial charge in [-0.15, -0.1) is 0 Å². The van der Waals surface area contributed by atoms with Crippen LogP contribution in [0.25, 0.3) is 0 Å². The predicted octanol–water partition coefficient (Wildman–Crippen LogP) is 1.31. The molecule has 0 fully saturated rings. The standard InChI is InChI=1S/C12H12N4O/c1-8-14-9(2)16-12(15-8)6-11(17)10-4-3-5-13-7-10/h3-5,7H,6H2,1-2H3. The summed E-state index contributed by atoms with van der Waals surface area (Å²) in [6.07, 6.45) is 3.35. The van der Waals surface area contributed by atoms with Crippen LogP contribution in [-0.2, 0) is 6.42 Å². The number of nitrogens with zero attached hydrogens (tertiary/aromatic N) is 4. The van der Waals surface area contributed by atoms with Crippen LogP contribution in [0, 0.1) is 13.8 Å². The van der Waals surface area contributed by atoms with E-state index in [1.807, 2.05) is 0 Å². The molecule has 2 aromatic heterocycles. The van der Waals surface area contributed by atoms with Gasteiger partial charge in [0.2, 0.25) is 0 Å². The van der Waals surface area contributed by atoms with Crippen molar-refractivity contribution in [2.24, 2.45) is 0 Å².